The topological polar surface area (TPSA) is 50.7 Å². The molecule has 1 aromatic carbocycles. The molecule has 0 aliphatic rings. The minimum Gasteiger partial charge on any atom is -0.461 e. The fourth-order valence-electron chi connectivity index (χ4n) is 0.977. The van der Waals surface area contributed by atoms with Crippen LogP contribution in [0.5, 0.6) is 0 Å². The van der Waals surface area contributed by atoms with E-state index in [-0.39, 0.29) is 5.71 Å². The van der Waals surface area contributed by atoms with E-state index < -0.39 is 5.97 Å². The van der Waals surface area contributed by atoms with E-state index in [1.165, 1.54) is 0 Å². The Morgan fingerprint density at radius 2 is 2.19 bits per heavy atom. The first-order valence-corrected chi connectivity index (χ1v) is 5.25. The van der Waals surface area contributed by atoms with Crippen molar-refractivity contribution in [2.24, 2.45) is 5.10 Å². The van der Waals surface area contributed by atoms with E-state index in [4.69, 9.17) is 16.3 Å². The summed E-state index contributed by atoms with van der Waals surface area (Å²) in [6, 6.07) is 7.14. The Morgan fingerprint density at radius 3 is 2.81 bits per heavy atom. The molecule has 0 bridgehead atoms. The molecule has 0 unspecified atom stereocenters. The Hall–Kier alpha value is -1.55. The molecule has 0 fully saturated rings. The molecule has 0 aliphatic carbocycles. The van der Waals surface area contributed by atoms with Crippen molar-refractivity contribution in [3.8, 4) is 0 Å². The molecular formula is C11H13ClN2O2. The van der Waals surface area contributed by atoms with Crippen molar-refractivity contribution in [3.05, 3.63) is 29.3 Å². The van der Waals surface area contributed by atoms with Crippen molar-refractivity contribution in [2.75, 3.05) is 12.0 Å². The number of halogens is 1. The molecule has 0 amide bonds. The summed E-state index contributed by atoms with van der Waals surface area (Å²) in [5.41, 5.74) is 3.60. The molecule has 1 rings (SSSR count). The summed E-state index contributed by atoms with van der Waals surface area (Å²) >= 11 is 5.90. The number of carbonyl (C=O) groups is 1. The Morgan fingerprint density at radius 1 is 1.50 bits per heavy atom. The number of hydrogen-bond donors (Lipinski definition) is 1. The molecule has 5 heteroatoms. The number of nitrogens with zero attached hydrogens (tertiary/aromatic N) is 1. The number of benzene rings is 1. The summed E-state index contributed by atoms with van der Waals surface area (Å²) in [5, 5.41) is 4.43. The maximum Gasteiger partial charge on any atom is 0.354 e. The van der Waals surface area contributed by atoms with Crippen LogP contribution < -0.4 is 5.43 Å². The highest BCUT2D eigenvalue weighted by molar-refractivity contribution is 6.36. The summed E-state index contributed by atoms with van der Waals surface area (Å²) in [7, 11) is 0. The largest absolute Gasteiger partial charge is 0.461 e. The number of rotatable bonds is 4. The van der Waals surface area contributed by atoms with E-state index in [9.17, 15) is 4.79 Å². The van der Waals surface area contributed by atoms with Gasteiger partial charge in [0.25, 0.3) is 0 Å². The van der Waals surface area contributed by atoms with Crippen molar-refractivity contribution < 1.29 is 9.53 Å². The summed E-state index contributed by atoms with van der Waals surface area (Å²) in [5.74, 6) is -0.443. The molecule has 0 aromatic heterocycles. The maximum absolute atomic E-state index is 11.2. The Balaban J connectivity index is 2.66. The lowest BCUT2D eigenvalue weighted by Crippen LogP contribution is -2.15. The number of esters is 1. The Bertz CT molecular complexity index is 405. The lowest BCUT2D eigenvalue weighted by atomic mass is 10.3. The molecule has 4 nitrogen and oxygen atoms in total. The van der Waals surface area contributed by atoms with Gasteiger partial charge in [-0.25, -0.2) is 4.79 Å². The second kappa shape index (κ2) is 6.12. The summed E-state index contributed by atoms with van der Waals surface area (Å²) < 4.78 is 4.78. The molecule has 0 radical (unpaired) electrons. The fourth-order valence-corrected chi connectivity index (χ4v) is 1.16. The van der Waals surface area contributed by atoms with Gasteiger partial charge in [-0.05, 0) is 26.0 Å². The quantitative estimate of drug-likeness (QED) is 0.500. The highest BCUT2D eigenvalue weighted by Crippen LogP contribution is 2.20. The first-order chi connectivity index (χ1) is 7.65. The average Bonchev–Trinajstić information content (AvgIpc) is 2.28. The maximum atomic E-state index is 11.2. The third-order valence-corrected chi connectivity index (χ3v) is 2.12. The van der Waals surface area contributed by atoms with Gasteiger partial charge in [-0.1, -0.05) is 23.7 Å². The van der Waals surface area contributed by atoms with Crippen molar-refractivity contribution in [1.82, 2.24) is 0 Å². The molecule has 1 aromatic rings. The van der Waals surface area contributed by atoms with Gasteiger partial charge < -0.3 is 4.74 Å². The fraction of sp³-hybridized carbons (Fsp3) is 0.273. The molecule has 0 saturated carbocycles. The van der Waals surface area contributed by atoms with Crippen LogP contribution in [0, 0.1) is 0 Å². The van der Waals surface area contributed by atoms with Crippen LogP contribution in [0.1, 0.15) is 13.8 Å². The number of ether oxygens (including phenoxy) is 1. The average molecular weight is 241 g/mol. The molecule has 16 heavy (non-hydrogen) atoms. The number of para-hydroxylation sites is 1. The molecule has 1 N–H and O–H groups in total. The Labute approximate surface area is 99.2 Å². The van der Waals surface area contributed by atoms with Crippen molar-refractivity contribution in [2.45, 2.75) is 13.8 Å². The molecule has 0 heterocycles. The summed E-state index contributed by atoms with van der Waals surface area (Å²) in [6.07, 6.45) is 0. The third-order valence-electron chi connectivity index (χ3n) is 1.79. The van der Waals surface area contributed by atoms with Crippen LogP contribution in [0.2, 0.25) is 5.02 Å². The second-order valence-corrected chi connectivity index (χ2v) is 3.42. The van der Waals surface area contributed by atoms with Crippen LogP contribution in [0.25, 0.3) is 0 Å². The van der Waals surface area contributed by atoms with Gasteiger partial charge in [0.05, 0.1) is 17.3 Å². The van der Waals surface area contributed by atoms with Gasteiger partial charge in [0.2, 0.25) is 0 Å². The monoisotopic (exact) mass is 240 g/mol. The van der Waals surface area contributed by atoms with Gasteiger partial charge in [0, 0.05) is 0 Å². The lowest BCUT2D eigenvalue weighted by Gasteiger charge is -2.04. The number of hydrogen-bond acceptors (Lipinski definition) is 4. The molecule has 86 valence electrons. The van der Waals surface area contributed by atoms with E-state index in [0.717, 1.165) is 0 Å². The van der Waals surface area contributed by atoms with E-state index >= 15 is 0 Å². The SMILES string of the molecule is CCOC(=O)/C(C)=N\Nc1ccccc1Cl. The zero-order valence-corrected chi connectivity index (χ0v) is 9.91. The zero-order chi connectivity index (χ0) is 12.0. The number of hydrazone groups is 1. The van der Waals surface area contributed by atoms with Crippen LogP contribution in [0.4, 0.5) is 5.69 Å². The van der Waals surface area contributed by atoms with Gasteiger partial charge >= 0.3 is 5.97 Å². The van der Waals surface area contributed by atoms with E-state index in [0.29, 0.717) is 17.3 Å². The van der Waals surface area contributed by atoms with Crippen LogP contribution in [-0.2, 0) is 9.53 Å². The molecular weight excluding hydrogens is 228 g/mol. The minimum absolute atomic E-state index is 0.252. The highest BCUT2D eigenvalue weighted by atomic mass is 35.5. The molecule has 0 atom stereocenters. The van der Waals surface area contributed by atoms with Gasteiger partial charge in [0.15, 0.2) is 0 Å². The molecule has 0 saturated heterocycles. The number of nitrogens with one attached hydrogen (secondary N) is 1. The van der Waals surface area contributed by atoms with E-state index in [1.54, 1.807) is 26.0 Å². The third kappa shape index (κ3) is 3.55. The van der Waals surface area contributed by atoms with Crippen molar-refractivity contribution in [1.29, 1.82) is 0 Å². The van der Waals surface area contributed by atoms with E-state index in [1.807, 2.05) is 12.1 Å². The van der Waals surface area contributed by atoms with Crippen LogP contribution >= 0.6 is 11.6 Å². The molecule has 0 aliphatic heterocycles. The predicted octanol–water partition coefficient (Wildman–Crippen LogP) is 2.69. The smallest absolute Gasteiger partial charge is 0.354 e. The van der Waals surface area contributed by atoms with Gasteiger partial charge in [-0.15, -0.1) is 0 Å². The van der Waals surface area contributed by atoms with Crippen LogP contribution in [0.15, 0.2) is 29.4 Å². The van der Waals surface area contributed by atoms with Crippen molar-refractivity contribution >= 4 is 29.0 Å². The Kier molecular flexibility index (Phi) is 4.79. The van der Waals surface area contributed by atoms with Gasteiger partial charge in [-0.3, -0.25) is 5.43 Å². The summed E-state index contributed by atoms with van der Waals surface area (Å²) in [6.45, 7) is 3.65. The van der Waals surface area contributed by atoms with Gasteiger partial charge in [-0.2, -0.15) is 5.10 Å². The first-order valence-electron chi connectivity index (χ1n) is 4.87. The predicted molar refractivity (Wildman–Crippen MR) is 64.8 cm³/mol. The lowest BCUT2D eigenvalue weighted by molar-refractivity contribution is -0.135. The minimum atomic E-state index is -0.443. The number of carbonyl (C=O) groups excluding carboxylic acids is 1. The van der Waals surface area contributed by atoms with E-state index in [2.05, 4.69) is 10.5 Å². The zero-order valence-electron chi connectivity index (χ0n) is 9.16. The first kappa shape index (κ1) is 12.5. The normalized spacial score (nSPS) is 11.1. The summed E-state index contributed by atoms with van der Waals surface area (Å²) in [4.78, 5) is 11.2. The standard InChI is InChI=1S/C11H13ClN2O2/c1-3-16-11(15)8(2)13-14-10-7-5-4-6-9(10)12/h4-7,14H,3H2,1-2H3/b13-8-. The van der Waals surface area contributed by atoms with Gasteiger partial charge in [0.1, 0.15) is 5.71 Å². The van der Waals surface area contributed by atoms with Crippen LogP contribution in [0.3, 0.4) is 0 Å². The van der Waals surface area contributed by atoms with Crippen LogP contribution in [-0.4, -0.2) is 18.3 Å². The second-order valence-electron chi connectivity index (χ2n) is 3.01. The van der Waals surface area contributed by atoms with Crippen molar-refractivity contribution in [3.63, 3.8) is 0 Å². The number of anilines is 1. The molecule has 0 spiro atoms. The highest BCUT2D eigenvalue weighted by Gasteiger charge is 2.06.